The summed E-state index contributed by atoms with van der Waals surface area (Å²) in [4.78, 5) is 12.0. The Kier molecular flexibility index (Phi) is 6.86. The first kappa shape index (κ1) is 20.5. The van der Waals surface area contributed by atoms with Gasteiger partial charge in [0.2, 0.25) is 15.9 Å². The van der Waals surface area contributed by atoms with Crippen molar-refractivity contribution in [1.82, 2.24) is 0 Å². The average Bonchev–Trinajstić information content (AvgIpc) is 2.55. The molecule has 2 aromatic carbocycles. The normalized spacial score (nSPS) is 11.2. The maximum atomic E-state index is 13.5. The van der Waals surface area contributed by atoms with Crippen molar-refractivity contribution in [1.29, 1.82) is 0 Å². The van der Waals surface area contributed by atoms with Gasteiger partial charge < -0.3 is 5.32 Å². The molecule has 0 radical (unpaired) electrons. The molecule has 0 bridgehead atoms. The van der Waals surface area contributed by atoms with Crippen molar-refractivity contribution in [3.63, 3.8) is 0 Å². The van der Waals surface area contributed by atoms with Crippen molar-refractivity contribution in [3.8, 4) is 0 Å². The van der Waals surface area contributed by atoms with Gasteiger partial charge in [-0.05, 0) is 36.8 Å². The van der Waals surface area contributed by atoms with Gasteiger partial charge >= 0.3 is 0 Å². The molecule has 0 saturated carbocycles. The van der Waals surface area contributed by atoms with Gasteiger partial charge in [0, 0.05) is 18.0 Å². The minimum atomic E-state index is -3.62. The number of carbonyl (C=O) groups is 1. The van der Waals surface area contributed by atoms with Crippen LogP contribution in [-0.4, -0.2) is 27.1 Å². The van der Waals surface area contributed by atoms with Crippen molar-refractivity contribution < 1.29 is 17.6 Å². The topological polar surface area (TPSA) is 66.5 Å². The molecule has 0 aromatic heterocycles. The van der Waals surface area contributed by atoms with Crippen molar-refractivity contribution >= 4 is 50.5 Å². The van der Waals surface area contributed by atoms with Gasteiger partial charge in [-0.1, -0.05) is 35.3 Å². The van der Waals surface area contributed by atoms with Gasteiger partial charge in [-0.15, -0.1) is 0 Å². The average molecular weight is 419 g/mol. The lowest BCUT2D eigenvalue weighted by Gasteiger charge is -2.23. The molecule has 140 valence electrons. The van der Waals surface area contributed by atoms with Crippen molar-refractivity contribution in [2.24, 2.45) is 0 Å². The molecule has 0 spiro atoms. The summed E-state index contributed by atoms with van der Waals surface area (Å²) < 4.78 is 38.8. The predicted molar refractivity (Wildman–Crippen MR) is 103 cm³/mol. The Morgan fingerprint density at radius 2 is 1.88 bits per heavy atom. The summed E-state index contributed by atoms with van der Waals surface area (Å²) in [5, 5.41) is 3.03. The lowest BCUT2D eigenvalue weighted by molar-refractivity contribution is -0.116. The van der Waals surface area contributed by atoms with Crippen LogP contribution in [0.1, 0.15) is 12.8 Å². The van der Waals surface area contributed by atoms with Gasteiger partial charge in [0.05, 0.1) is 22.7 Å². The molecular weight excluding hydrogens is 402 g/mol. The summed E-state index contributed by atoms with van der Waals surface area (Å²) in [6, 6.07) is 10.3. The molecule has 0 fully saturated rings. The van der Waals surface area contributed by atoms with E-state index in [0.29, 0.717) is 5.02 Å². The zero-order chi connectivity index (χ0) is 19.3. The Morgan fingerprint density at radius 3 is 2.54 bits per heavy atom. The third-order valence-corrected chi connectivity index (χ3v) is 5.22. The lowest BCUT2D eigenvalue weighted by atomic mass is 10.2. The van der Waals surface area contributed by atoms with Crippen LogP contribution in [0.5, 0.6) is 0 Å². The zero-order valence-electron chi connectivity index (χ0n) is 13.9. The molecule has 5 nitrogen and oxygen atoms in total. The van der Waals surface area contributed by atoms with Crippen LogP contribution in [-0.2, 0) is 14.8 Å². The Bertz CT molecular complexity index is 907. The number of para-hydroxylation sites is 1. The molecule has 0 aliphatic rings. The van der Waals surface area contributed by atoms with Crippen LogP contribution in [0.2, 0.25) is 10.0 Å². The highest BCUT2D eigenvalue weighted by Crippen LogP contribution is 2.30. The minimum absolute atomic E-state index is 0.0124. The molecule has 0 saturated heterocycles. The van der Waals surface area contributed by atoms with E-state index < -0.39 is 21.7 Å². The highest BCUT2D eigenvalue weighted by atomic mass is 35.5. The van der Waals surface area contributed by atoms with Gasteiger partial charge in [-0.2, -0.15) is 0 Å². The van der Waals surface area contributed by atoms with Crippen molar-refractivity contribution in [3.05, 3.63) is 58.3 Å². The first-order chi connectivity index (χ1) is 12.2. The first-order valence-corrected chi connectivity index (χ1v) is 10.3. The van der Waals surface area contributed by atoms with E-state index >= 15 is 0 Å². The van der Waals surface area contributed by atoms with E-state index in [2.05, 4.69) is 5.32 Å². The molecule has 2 aromatic rings. The fourth-order valence-corrected chi connectivity index (χ4v) is 3.71. The molecule has 0 unspecified atom stereocenters. The Balaban J connectivity index is 2.03. The van der Waals surface area contributed by atoms with E-state index in [1.54, 1.807) is 12.1 Å². The van der Waals surface area contributed by atoms with Crippen LogP contribution in [0.4, 0.5) is 15.8 Å². The third kappa shape index (κ3) is 5.59. The molecular formula is C17H17Cl2FN2O3S. The summed E-state index contributed by atoms with van der Waals surface area (Å²) in [6.07, 6.45) is 1.28. The lowest BCUT2D eigenvalue weighted by Crippen LogP contribution is -2.31. The molecule has 1 N–H and O–H groups in total. The quantitative estimate of drug-likeness (QED) is 0.727. The molecule has 0 aliphatic heterocycles. The summed E-state index contributed by atoms with van der Waals surface area (Å²) >= 11 is 12.0. The van der Waals surface area contributed by atoms with Crippen LogP contribution in [0.25, 0.3) is 0 Å². The number of anilines is 2. The van der Waals surface area contributed by atoms with Gasteiger partial charge in [-0.3, -0.25) is 9.10 Å². The molecule has 0 atom stereocenters. The Labute approximate surface area is 161 Å². The van der Waals surface area contributed by atoms with Crippen LogP contribution < -0.4 is 9.62 Å². The second kappa shape index (κ2) is 8.70. The van der Waals surface area contributed by atoms with Gasteiger partial charge in [0.1, 0.15) is 5.82 Å². The molecule has 26 heavy (non-hydrogen) atoms. The number of halogens is 3. The number of sulfonamides is 1. The number of hydrogen-bond donors (Lipinski definition) is 1. The monoisotopic (exact) mass is 418 g/mol. The number of rotatable bonds is 7. The largest absolute Gasteiger partial charge is 0.324 e. The predicted octanol–water partition coefficient (Wildman–Crippen LogP) is 4.32. The van der Waals surface area contributed by atoms with E-state index in [0.717, 1.165) is 10.6 Å². The Morgan fingerprint density at radius 1 is 1.19 bits per heavy atom. The number of carbonyl (C=O) groups excluding carboxylic acids is 1. The first-order valence-electron chi connectivity index (χ1n) is 7.65. The number of nitrogens with zero attached hydrogens (tertiary/aromatic N) is 1. The van der Waals surface area contributed by atoms with E-state index in [1.165, 1.54) is 30.3 Å². The molecule has 2 rings (SSSR count). The maximum Gasteiger partial charge on any atom is 0.232 e. The zero-order valence-corrected chi connectivity index (χ0v) is 16.2. The van der Waals surface area contributed by atoms with Crippen molar-refractivity contribution in [2.45, 2.75) is 12.8 Å². The minimum Gasteiger partial charge on any atom is -0.324 e. The van der Waals surface area contributed by atoms with Crippen LogP contribution in [0.3, 0.4) is 0 Å². The molecule has 0 aliphatic carbocycles. The van der Waals surface area contributed by atoms with E-state index in [9.17, 15) is 17.6 Å². The van der Waals surface area contributed by atoms with Crippen LogP contribution in [0.15, 0.2) is 42.5 Å². The van der Waals surface area contributed by atoms with Gasteiger partial charge in [-0.25, -0.2) is 12.8 Å². The smallest absolute Gasteiger partial charge is 0.232 e. The number of benzene rings is 2. The van der Waals surface area contributed by atoms with Gasteiger partial charge in [0.25, 0.3) is 0 Å². The highest BCUT2D eigenvalue weighted by molar-refractivity contribution is 7.92. The third-order valence-electron chi connectivity index (χ3n) is 3.49. The summed E-state index contributed by atoms with van der Waals surface area (Å²) in [7, 11) is -3.62. The molecule has 1 amide bonds. The molecule has 9 heteroatoms. The van der Waals surface area contributed by atoms with Crippen molar-refractivity contribution in [2.75, 3.05) is 22.4 Å². The van der Waals surface area contributed by atoms with E-state index in [-0.39, 0.29) is 35.8 Å². The fourth-order valence-electron chi connectivity index (χ4n) is 2.30. The van der Waals surface area contributed by atoms with E-state index in [4.69, 9.17) is 23.2 Å². The van der Waals surface area contributed by atoms with Crippen LogP contribution in [0, 0.1) is 5.82 Å². The Hall–Kier alpha value is -1.83. The summed E-state index contributed by atoms with van der Waals surface area (Å²) in [5.74, 6) is -0.954. The highest BCUT2D eigenvalue weighted by Gasteiger charge is 2.20. The number of amides is 1. The standard InChI is InChI=1S/C17H17Cl2FN2O3S/c1-26(24,25)22(16-11-12(18)8-9-13(16)19)10-4-7-17(23)21-15-6-3-2-5-14(15)20/h2-3,5-6,8-9,11H,4,7,10H2,1H3,(H,21,23). The second-order valence-electron chi connectivity index (χ2n) is 5.56. The second-order valence-corrected chi connectivity index (χ2v) is 8.31. The van der Waals surface area contributed by atoms with Gasteiger partial charge in [0.15, 0.2) is 0 Å². The number of hydrogen-bond acceptors (Lipinski definition) is 3. The fraction of sp³-hybridized carbons (Fsp3) is 0.235. The maximum absolute atomic E-state index is 13.5. The van der Waals surface area contributed by atoms with E-state index in [1.807, 2.05) is 0 Å². The van der Waals surface area contributed by atoms with Crippen LogP contribution >= 0.6 is 23.2 Å². The molecule has 0 heterocycles. The summed E-state index contributed by atoms with van der Waals surface area (Å²) in [5.41, 5.74) is 0.325. The summed E-state index contributed by atoms with van der Waals surface area (Å²) in [6.45, 7) is 0.0313. The SMILES string of the molecule is CS(=O)(=O)N(CCCC(=O)Nc1ccccc1F)c1cc(Cl)ccc1Cl. The number of nitrogens with one attached hydrogen (secondary N) is 1.